The van der Waals surface area contributed by atoms with Crippen molar-refractivity contribution >= 4 is 51.9 Å². The van der Waals surface area contributed by atoms with Gasteiger partial charge in [0.25, 0.3) is 5.91 Å². The highest BCUT2D eigenvalue weighted by Crippen LogP contribution is 2.35. The second-order valence-corrected chi connectivity index (χ2v) is 9.44. The second kappa shape index (κ2) is 9.86. The Kier molecular flexibility index (Phi) is 6.94. The number of carbonyl (C=O) groups is 1. The Bertz CT molecular complexity index is 1190. The molecule has 1 aliphatic rings. The maximum absolute atomic E-state index is 13.0. The smallest absolute Gasteiger partial charge is 0.266 e. The molecular weight excluding hydrogens is 465 g/mol. The van der Waals surface area contributed by atoms with Gasteiger partial charge in [-0.3, -0.25) is 9.69 Å². The van der Waals surface area contributed by atoms with Crippen molar-refractivity contribution in [2.45, 2.75) is 20.1 Å². The third-order valence-electron chi connectivity index (χ3n) is 4.90. The Morgan fingerprint density at radius 2 is 1.75 bits per heavy atom. The van der Waals surface area contributed by atoms with Crippen LogP contribution in [0.4, 0.5) is 4.39 Å². The van der Waals surface area contributed by atoms with Crippen LogP contribution in [0.1, 0.15) is 22.3 Å². The van der Waals surface area contributed by atoms with E-state index < -0.39 is 0 Å². The van der Waals surface area contributed by atoms with E-state index in [4.69, 9.17) is 28.6 Å². The molecule has 0 spiro atoms. The molecule has 1 saturated heterocycles. The molecule has 0 unspecified atom stereocenters. The lowest BCUT2D eigenvalue weighted by Crippen LogP contribution is -2.27. The van der Waals surface area contributed by atoms with Gasteiger partial charge in [0.2, 0.25) is 0 Å². The summed E-state index contributed by atoms with van der Waals surface area (Å²) in [6.07, 6.45) is 1.78. The lowest BCUT2D eigenvalue weighted by molar-refractivity contribution is -0.122. The first-order valence-electron chi connectivity index (χ1n) is 9.87. The van der Waals surface area contributed by atoms with Crippen LogP contribution in [-0.4, -0.2) is 15.1 Å². The molecule has 32 heavy (non-hydrogen) atoms. The summed E-state index contributed by atoms with van der Waals surface area (Å²) < 4.78 is 19.3. The molecule has 1 amide bonds. The number of hydrogen-bond acceptors (Lipinski definition) is 4. The number of benzene rings is 3. The molecule has 3 aromatic rings. The minimum Gasteiger partial charge on any atom is -0.487 e. The molecule has 3 aromatic carbocycles. The molecule has 0 aromatic heterocycles. The van der Waals surface area contributed by atoms with E-state index in [1.807, 2.05) is 37.3 Å². The molecule has 4 rings (SSSR count). The normalized spacial score (nSPS) is 15.0. The van der Waals surface area contributed by atoms with E-state index in [-0.39, 0.29) is 18.3 Å². The quantitative estimate of drug-likeness (QED) is 0.286. The van der Waals surface area contributed by atoms with Gasteiger partial charge < -0.3 is 4.74 Å². The van der Waals surface area contributed by atoms with Crippen molar-refractivity contribution in [3.05, 3.63) is 105 Å². The Morgan fingerprint density at radius 1 is 1.06 bits per heavy atom. The van der Waals surface area contributed by atoms with Crippen LogP contribution in [0, 0.1) is 12.7 Å². The Morgan fingerprint density at radius 3 is 2.44 bits per heavy atom. The summed E-state index contributed by atoms with van der Waals surface area (Å²) in [6.45, 7) is 2.74. The van der Waals surface area contributed by atoms with Gasteiger partial charge in [0, 0.05) is 0 Å². The average Bonchev–Trinajstić information content (AvgIpc) is 3.03. The number of thioether (sulfide) groups is 1. The summed E-state index contributed by atoms with van der Waals surface area (Å²) in [6, 6.07) is 19.5. The van der Waals surface area contributed by atoms with Crippen molar-refractivity contribution in [1.82, 2.24) is 4.90 Å². The van der Waals surface area contributed by atoms with Crippen LogP contribution in [0.2, 0.25) is 5.02 Å². The first kappa shape index (κ1) is 22.5. The highest BCUT2D eigenvalue weighted by molar-refractivity contribution is 8.26. The van der Waals surface area contributed by atoms with Crippen LogP contribution in [0.25, 0.3) is 6.08 Å². The summed E-state index contributed by atoms with van der Waals surface area (Å²) in [4.78, 5) is 15.1. The van der Waals surface area contributed by atoms with Gasteiger partial charge >= 0.3 is 0 Å². The monoisotopic (exact) mass is 483 g/mol. The van der Waals surface area contributed by atoms with Gasteiger partial charge in [-0.05, 0) is 54.0 Å². The van der Waals surface area contributed by atoms with E-state index in [1.54, 1.807) is 35.2 Å². The molecule has 0 aliphatic carbocycles. The molecule has 0 saturated carbocycles. The first-order valence-corrected chi connectivity index (χ1v) is 11.5. The van der Waals surface area contributed by atoms with Crippen LogP contribution in [-0.2, 0) is 17.9 Å². The minimum atomic E-state index is -0.291. The fraction of sp³-hybridized carbons (Fsp3) is 0.120. The van der Waals surface area contributed by atoms with Gasteiger partial charge in [-0.1, -0.05) is 83.6 Å². The third-order valence-corrected chi connectivity index (χ3v) is 6.57. The molecular formula is C25H19ClFNO2S2. The van der Waals surface area contributed by atoms with Gasteiger partial charge in [0.1, 0.15) is 22.5 Å². The zero-order valence-electron chi connectivity index (χ0n) is 17.2. The first-order chi connectivity index (χ1) is 15.4. The molecule has 0 N–H and O–H groups in total. The predicted octanol–water partition coefficient (Wildman–Crippen LogP) is 6.77. The van der Waals surface area contributed by atoms with E-state index in [2.05, 4.69) is 0 Å². The van der Waals surface area contributed by atoms with Gasteiger partial charge in [0.05, 0.1) is 16.5 Å². The van der Waals surface area contributed by atoms with Crippen molar-refractivity contribution in [2.24, 2.45) is 0 Å². The largest absolute Gasteiger partial charge is 0.487 e. The highest BCUT2D eigenvalue weighted by Gasteiger charge is 2.32. The summed E-state index contributed by atoms with van der Waals surface area (Å²) in [7, 11) is 0. The third kappa shape index (κ3) is 5.38. The fourth-order valence-electron chi connectivity index (χ4n) is 3.13. The minimum absolute atomic E-state index is 0.117. The summed E-state index contributed by atoms with van der Waals surface area (Å²) in [5.74, 6) is 0.105. The highest BCUT2D eigenvalue weighted by atomic mass is 35.5. The summed E-state index contributed by atoms with van der Waals surface area (Å²) >= 11 is 13.1. The Balaban J connectivity index is 1.44. The molecule has 0 bridgehead atoms. The molecule has 0 atom stereocenters. The maximum Gasteiger partial charge on any atom is 0.266 e. The molecule has 1 heterocycles. The number of rotatable bonds is 6. The van der Waals surface area contributed by atoms with Crippen LogP contribution < -0.4 is 4.74 Å². The Hall–Kier alpha value is -2.67. The van der Waals surface area contributed by atoms with E-state index in [0.717, 1.165) is 16.7 Å². The molecule has 3 nitrogen and oxygen atoms in total. The van der Waals surface area contributed by atoms with Crippen molar-refractivity contribution in [3.63, 3.8) is 0 Å². The molecule has 0 radical (unpaired) electrons. The number of halogens is 2. The standard InChI is InChI=1S/C25H19ClFNO2S2/c1-16-2-4-17(5-3-16)14-28-24(29)23(32-25(28)31)13-19-8-11-22(21(26)12-19)30-15-18-6-9-20(27)10-7-18/h2-13H,14-15H2,1H3. The van der Waals surface area contributed by atoms with Crippen LogP contribution in [0.15, 0.2) is 71.6 Å². The van der Waals surface area contributed by atoms with E-state index in [0.29, 0.717) is 26.5 Å². The van der Waals surface area contributed by atoms with Gasteiger partial charge in [-0.15, -0.1) is 0 Å². The lowest BCUT2D eigenvalue weighted by Gasteiger charge is -2.14. The number of amides is 1. The zero-order valence-corrected chi connectivity index (χ0v) is 19.6. The predicted molar refractivity (Wildman–Crippen MR) is 132 cm³/mol. The van der Waals surface area contributed by atoms with Gasteiger partial charge in [-0.25, -0.2) is 4.39 Å². The van der Waals surface area contributed by atoms with E-state index in [1.165, 1.54) is 29.5 Å². The zero-order chi connectivity index (χ0) is 22.7. The number of nitrogens with zero attached hydrogens (tertiary/aromatic N) is 1. The molecule has 7 heteroatoms. The number of ether oxygens (including phenoxy) is 1. The van der Waals surface area contributed by atoms with Crippen molar-refractivity contribution in [2.75, 3.05) is 0 Å². The van der Waals surface area contributed by atoms with Crippen LogP contribution in [0.3, 0.4) is 0 Å². The average molecular weight is 484 g/mol. The van der Waals surface area contributed by atoms with E-state index in [9.17, 15) is 9.18 Å². The van der Waals surface area contributed by atoms with E-state index >= 15 is 0 Å². The van der Waals surface area contributed by atoms with Crippen molar-refractivity contribution < 1.29 is 13.9 Å². The maximum atomic E-state index is 13.0. The van der Waals surface area contributed by atoms with Crippen molar-refractivity contribution in [3.8, 4) is 5.75 Å². The molecule has 162 valence electrons. The molecule has 1 fully saturated rings. The number of hydrogen-bond donors (Lipinski definition) is 0. The molecule has 1 aliphatic heterocycles. The van der Waals surface area contributed by atoms with Crippen LogP contribution in [0.5, 0.6) is 5.75 Å². The van der Waals surface area contributed by atoms with Crippen molar-refractivity contribution in [1.29, 1.82) is 0 Å². The summed E-state index contributed by atoms with van der Waals surface area (Å²) in [5.41, 5.74) is 3.81. The van der Waals surface area contributed by atoms with Gasteiger partial charge in [-0.2, -0.15) is 0 Å². The summed E-state index contributed by atoms with van der Waals surface area (Å²) in [5, 5.41) is 0.427. The Labute approximate surface area is 200 Å². The second-order valence-electron chi connectivity index (χ2n) is 7.36. The number of thiocarbonyl (C=S) groups is 1. The number of carbonyl (C=O) groups excluding carboxylic acids is 1. The van der Waals surface area contributed by atoms with Gasteiger partial charge in [0.15, 0.2) is 0 Å². The number of aryl methyl sites for hydroxylation is 1. The van der Waals surface area contributed by atoms with Crippen LogP contribution >= 0.6 is 35.6 Å². The SMILES string of the molecule is Cc1ccc(CN2C(=O)C(=Cc3ccc(OCc4ccc(F)cc4)c(Cl)c3)SC2=S)cc1. The topological polar surface area (TPSA) is 29.5 Å². The lowest BCUT2D eigenvalue weighted by atomic mass is 10.1. The fourth-order valence-corrected chi connectivity index (χ4v) is 4.63.